The van der Waals surface area contributed by atoms with E-state index in [0.29, 0.717) is 0 Å². The quantitative estimate of drug-likeness (QED) is 0.701. The Morgan fingerprint density at radius 1 is 1.43 bits per heavy atom. The lowest BCUT2D eigenvalue weighted by Gasteiger charge is -2.23. The number of hydrogen-bond donors (Lipinski definition) is 1. The zero-order valence-corrected chi connectivity index (χ0v) is 9.12. The highest BCUT2D eigenvalue weighted by molar-refractivity contribution is 5.79. The SMILES string of the molecule is CC(C)(/C=C/C(=O)O)CC1CCCC1. The Morgan fingerprint density at radius 3 is 2.50 bits per heavy atom. The van der Waals surface area contributed by atoms with Crippen LogP contribution in [0.2, 0.25) is 0 Å². The molecule has 1 N–H and O–H groups in total. The Morgan fingerprint density at radius 2 is 2.00 bits per heavy atom. The fourth-order valence-corrected chi connectivity index (χ4v) is 2.32. The molecule has 1 aliphatic carbocycles. The van der Waals surface area contributed by atoms with Gasteiger partial charge in [0.05, 0.1) is 0 Å². The predicted molar refractivity (Wildman–Crippen MR) is 57.1 cm³/mol. The van der Waals surface area contributed by atoms with Crippen molar-refractivity contribution in [3.8, 4) is 0 Å². The lowest BCUT2D eigenvalue weighted by atomic mass is 9.82. The zero-order chi connectivity index (χ0) is 10.6. The molecule has 2 heteroatoms. The molecule has 0 saturated heterocycles. The van der Waals surface area contributed by atoms with Crippen LogP contribution in [0.15, 0.2) is 12.2 Å². The fraction of sp³-hybridized carbons (Fsp3) is 0.750. The van der Waals surface area contributed by atoms with Crippen LogP contribution >= 0.6 is 0 Å². The number of carboxylic acid groups (broad SMARTS) is 1. The molecule has 1 fully saturated rings. The van der Waals surface area contributed by atoms with Gasteiger partial charge in [-0.25, -0.2) is 4.79 Å². The molecule has 0 aromatic heterocycles. The van der Waals surface area contributed by atoms with E-state index in [1.807, 2.05) is 6.08 Å². The molecule has 2 nitrogen and oxygen atoms in total. The first-order valence-corrected chi connectivity index (χ1v) is 5.42. The summed E-state index contributed by atoms with van der Waals surface area (Å²) in [6.45, 7) is 4.23. The zero-order valence-electron chi connectivity index (χ0n) is 9.12. The summed E-state index contributed by atoms with van der Waals surface area (Å²) in [5.41, 5.74) is 0.0351. The monoisotopic (exact) mass is 196 g/mol. The summed E-state index contributed by atoms with van der Waals surface area (Å²) in [4.78, 5) is 10.4. The minimum absolute atomic E-state index is 0.0351. The summed E-state index contributed by atoms with van der Waals surface area (Å²) in [7, 11) is 0. The van der Waals surface area contributed by atoms with Crippen molar-refractivity contribution in [2.24, 2.45) is 11.3 Å². The summed E-state index contributed by atoms with van der Waals surface area (Å²) in [5.74, 6) is -0.0343. The number of rotatable bonds is 4. The Hall–Kier alpha value is -0.790. The summed E-state index contributed by atoms with van der Waals surface area (Å²) >= 11 is 0. The van der Waals surface area contributed by atoms with Gasteiger partial charge in [-0.2, -0.15) is 0 Å². The molecule has 0 heterocycles. The number of aliphatic carboxylic acids is 1. The second-order valence-corrected chi connectivity index (χ2v) is 5.01. The van der Waals surface area contributed by atoms with Gasteiger partial charge in [-0.05, 0) is 17.8 Å². The van der Waals surface area contributed by atoms with E-state index in [1.54, 1.807) is 0 Å². The van der Waals surface area contributed by atoms with E-state index in [2.05, 4.69) is 13.8 Å². The van der Waals surface area contributed by atoms with Crippen LogP contribution in [0.5, 0.6) is 0 Å². The van der Waals surface area contributed by atoms with Gasteiger partial charge in [0.15, 0.2) is 0 Å². The first-order chi connectivity index (χ1) is 6.49. The van der Waals surface area contributed by atoms with Gasteiger partial charge < -0.3 is 5.11 Å². The summed E-state index contributed by atoms with van der Waals surface area (Å²) in [6.07, 6.45) is 9.57. The van der Waals surface area contributed by atoms with Crippen molar-refractivity contribution in [3.05, 3.63) is 12.2 Å². The predicted octanol–water partition coefficient (Wildman–Crippen LogP) is 3.23. The Kier molecular flexibility index (Phi) is 3.73. The van der Waals surface area contributed by atoms with Crippen LogP contribution in [-0.2, 0) is 4.79 Å². The number of hydrogen-bond acceptors (Lipinski definition) is 1. The molecular formula is C12H20O2. The molecule has 1 rings (SSSR count). The van der Waals surface area contributed by atoms with Crippen molar-refractivity contribution in [2.75, 3.05) is 0 Å². The molecule has 0 spiro atoms. The summed E-state index contributed by atoms with van der Waals surface area (Å²) in [5, 5.41) is 8.55. The number of carbonyl (C=O) groups is 1. The molecule has 0 aromatic rings. The van der Waals surface area contributed by atoms with Gasteiger partial charge >= 0.3 is 5.97 Å². The maximum Gasteiger partial charge on any atom is 0.327 e. The molecule has 0 amide bonds. The second kappa shape index (κ2) is 4.63. The molecule has 0 radical (unpaired) electrons. The van der Waals surface area contributed by atoms with Gasteiger partial charge in [0.25, 0.3) is 0 Å². The van der Waals surface area contributed by atoms with Crippen LogP contribution in [0, 0.1) is 11.3 Å². The third-order valence-electron chi connectivity index (χ3n) is 2.97. The van der Waals surface area contributed by atoms with Crippen molar-refractivity contribution >= 4 is 5.97 Å². The van der Waals surface area contributed by atoms with Crippen molar-refractivity contribution in [2.45, 2.75) is 46.0 Å². The highest BCUT2D eigenvalue weighted by atomic mass is 16.4. The van der Waals surface area contributed by atoms with Gasteiger partial charge in [-0.1, -0.05) is 45.6 Å². The molecule has 0 unspecified atom stereocenters. The van der Waals surface area contributed by atoms with Crippen LogP contribution < -0.4 is 0 Å². The van der Waals surface area contributed by atoms with Crippen LogP contribution in [0.4, 0.5) is 0 Å². The average Bonchev–Trinajstić information content (AvgIpc) is 2.53. The van der Waals surface area contributed by atoms with Gasteiger partial charge in [-0.3, -0.25) is 0 Å². The highest BCUT2D eigenvalue weighted by Crippen LogP contribution is 2.36. The minimum atomic E-state index is -0.843. The van der Waals surface area contributed by atoms with E-state index in [1.165, 1.54) is 31.8 Å². The van der Waals surface area contributed by atoms with Crippen LogP contribution in [0.1, 0.15) is 46.0 Å². The van der Waals surface area contributed by atoms with E-state index < -0.39 is 5.97 Å². The molecule has 1 saturated carbocycles. The van der Waals surface area contributed by atoms with E-state index in [0.717, 1.165) is 12.3 Å². The van der Waals surface area contributed by atoms with Gasteiger partial charge in [-0.15, -0.1) is 0 Å². The molecular weight excluding hydrogens is 176 g/mol. The summed E-state index contributed by atoms with van der Waals surface area (Å²) in [6, 6.07) is 0. The van der Waals surface area contributed by atoms with Crippen LogP contribution in [0.25, 0.3) is 0 Å². The third-order valence-corrected chi connectivity index (χ3v) is 2.97. The maximum absolute atomic E-state index is 10.4. The van der Waals surface area contributed by atoms with E-state index in [4.69, 9.17) is 5.11 Å². The molecule has 80 valence electrons. The molecule has 1 aliphatic rings. The largest absolute Gasteiger partial charge is 0.478 e. The minimum Gasteiger partial charge on any atom is -0.478 e. The standard InChI is InChI=1S/C12H20O2/c1-12(2,8-7-11(13)14)9-10-5-3-4-6-10/h7-8,10H,3-6,9H2,1-2H3,(H,13,14)/b8-7+. The van der Waals surface area contributed by atoms with E-state index in [9.17, 15) is 4.79 Å². The van der Waals surface area contributed by atoms with Gasteiger partial charge in [0, 0.05) is 6.08 Å². The lowest BCUT2D eigenvalue weighted by Crippen LogP contribution is -2.13. The van der Waals surface area contributed by atoms with Crippen molar-refractivity contribution in [1.29, 1.82) is 0 Å². The molecule has 14 heavy (non-hydrogen) atoms. The fourth-order valence-electron chi connectivity index (χ4n) is 2.32. The third kappa shape index (κ3) is 3.95. The smallest absolute Gasteiger partial charge is 0.327 e. The van der Waals surface area contributed by atoms with Crippen molar-refractivity contribution in [1.82, 2.24) is 0 Å². The maximum atomic E-state index is 10.4. The van der Waals surface area contributed by atoms with Crippen molar-refractivity contribution < 1.29 is 9.90 Å². The van der Waals surface area contributed by atoms with Crippen LogP contribution in [0.3, 0.4) is 0 Å². The average molecular weight is 196 g/mol. The number of allylic oxidation sites excluding steroid dienone is 1. The molecule has 0 bridgehead atoms. The Labute approximate surface area is 86.0 Å². The molecule has 0 atom stereocenters. The summed E-state index contributed by atoms with van der Waals surface area (Å²) < 4.78 is 0. The second-order valence-electron chi connectivity index (χ2n) is 5.01. The van der Waals surface area contributed by atoms with Crippen molar-refractivity contribution in [3.63, 3.8) is 0 Å². The Balaban J connectivity index is 2.43. The van der Waals surface area contributed by atoms with Gasteiger partial charge in [0.1, 0.15) is 0 Å². The highest BCUT2D eigenvalue weighted by Gasteiger charge is 2.23. The number of carboxylic acids is 1. The van der Waals surface area contributed by atoms with Crippen LogP contribution in [-0.4, -0.2) is 11.1 Å². The van der Waals surface area contributed by atoms with E-state index in [-0.39, 0.29) is 5.41 Å². The molecule has 0 aliphatic heterocycles. The lowest BCUT2D eigenvalue weighted by molar-refractivity contribution is -0.131. The van der Waals surface area contributed by atoms with E-state index >= 15 is 0 Å². The Bertz CT molecular complexity index is 222. The normalized spacial score (nSPS) is 19.3. The molecule has 0 aromatic carbocycles. The topological polar surface area (TPSA) is 37.3 Å². The van der Waals surface area contributed by atoms with Gasteiger partial charge in [0.2, 0.25) is 0 Å². The first-order valence-electron chi connectivity index (χ1n) is 5.42. The first kappa shape index (κ1) is 11.3.